The fourth-order valence-corrected chi connectivity index (χ4v) is 1.53. The van der Waals surface area contributed by atoms with Gasteiger partial charge in [-0.15, -0.1) is 0 Å². The minimum atomic E-state index is -1.02. The van der Waals surface area contributed by atoms with Crippen LogP contribution in [-0.4, -0.2) is 36.4 Å². The molecule has 0 fully saturated rings. The van der Waals surface area contributed by atoms with Gasteiger partial charge < -0.3 is 20.5 Å². The van der Waals surface area contributed by atoms with Crippen LogP contribution < -0.4 is 10.6 Å². The topological polar surface area (TPSA) is 87.7 Å². The molecule has 0 heterocycles. The van der Waals surface area contributed by atoms with E-state index in [-0.39, 0.29) is 12.5 Å². The standard InChI is InChI=1S/C15H22N2O4/c1-11(2)10-21-15(20)17-13(9-18)14(19)16-8-12-6-4-3-5-7-12/h3-7,11,13,18H,8-10H2,1-2H3,(H,16,19)(H,17,20)/t13-/m1/s1. The van der Waals surface area contributed by atoms with Crippen molar-refractivity contribution in [3.05, 3.63) is 35.9 Å². The quantitative estimate of drug-likeness (QED) is 0.701. The SMILES string of the molecule is CC(C)COC(=O)N[C@H](CO)C(=O)NCc1ccccc1. The third-order valence-corrected chi connectivity index (χ3v) is 2.65. The van der Waals surface area contributed by atoms with E-state index in [4.69, 9.17) is 4.74 Å². The van der Waals surface area contributed by atoms with Crippen molar-refractivity contribution in [2.24, 2.45) is 5.92 Å². The largest absolute Gasteiger partial charge is 0.449 e. The molecule has 0 saturated carbocycles. The predicted octanol–water partition coefficient (Wildman–Crippen LogP) is 1.05. The molecule has 116 valence electrons. The zero-order chi connectivity index (χ0) is 15.7. The van der Waals surface area contributed by atoms with Crippen LogP contribution in [0.15, 0.2) is 30.3 Å². The highest BCUT2D eigenvalue weighted by Crippen LogP contribution is 1.98. The normalized spacial score (nSPS) is 11.8. The van der Waals surface area contributed by atoms with Gasteiger partial charge >= 0.3 is 6.09 Å². The van der Waals surface area contributed by atoms with Gasteiger partial charge in [0.2, 0.25) is 5.91 Å². The third kappa shape index (κ3) is 6.76. The lowest BCUT2D eigenvalue weighted by Gasteiger charge is -2.16. The summed E-state index contributed by atoms with van der Waals surface area (Å²) < 4.78 is 4.91. The Hall–Kier alpha value is -2.08. The molecule has 1 aromatic carbocycles. The molecule has 0 unspecified atom stereocenters. The number of ether oxygens (including phenoxy) is 1. The molecule has 6 nitrogen and oxygen atoms in total. The zero-order valence-electron chi connectivity index (χ0n) is 12.3. The van der Waals surface area contributed by atoms with Crippen molar-refractivity contribution in [1.29, 1.82) is 0 Å². The lowest BCUT2D eigenvalue weighted by Crippen LogP contribution is -2.49. The number of hydrogen-bond acceptors (Lipinski definition) is 4. The second-order valence-electron chi connectivity index (χ2n) is 5.08. The molecule has 0 saturated heterocycles. The maximum atomic E-state index is 11.9. The Morgan fingerprint density at radius 2 is 1.90 bits per heavy atom. The molecule has 0 bridgehead atoms. The Labute approximate surface area is 124 Å². The van der Waals surface area contributed by atoms with Gasteiger partial charge in [0.25, 0.3) is 0 Å². The molecule has 1 aromatic rings. The molecular weight excluding hydrogens is 272 g/mol. The van der Waals surface area contributed by atoms with E-state index in [0.717, 1.165) is 5.56 Å². The number of carbonyl (C=O) groups excluding carboxylic acids is 2. The van der Waals surface area contributed by atoms with Gasteiger partial charge in [-0.1, -0.05) is 44.2 Å². The Kier molecular flexibility index (Phi) is 7.25. The zero-order valence-corrected chi connectivity index (χ0v) is 12.3. The van der Waals surface area contributed by atoms with Crippen molar-refractivity contribution in [1.82, 2.24) is 10.6 Å². The van der Waals surface area contributed by atoms with Crippen LogP contribution in [0.2, 0.25) is 0 Å². The van der Waals surface area contributed by atoms with Crippen molar-refractivity contribution in [3.8, 4) is 0 Å². The van der Waals surface area contributed by atoms with Crippen LogP contribution in [0.1, 0.15) is 19.4 Å². The summed E-state index contributed by atoms with van der Waals surface area (Å²) in [5, 5.41) is 14.2. The van der Waals surface area contributed by atoms with Crippen LogP contribution in [0.25, 0.3) is 0 Å². The number of amides is 2. The Bertz CT molecular complexity index is 448. The maximum absolute atomic E-state index is 11.9. The summed E-state index contributed by atoms with van der Waals surface area (Å²) in [5.41, 5.74) is 0.935. The summed E-state index contributed by atoms with van der Waals surface area (Å²) in [5.74, 6) is -0.252. The summed E-state index contributed by atoms with van der Waals surface area (Å²) >= 11 is 0. The fraction of sp³-hybridized carbons (Fsp3) is 0.467. The Balaban J connectivity index is 2.40. The highest BCUT2D eigenvalue weighted by atomic mass is 16.5. The number of carbonyl (C=O) groups is 2. The van der Waals surface area contributed by atoms with E-state index in [0.29, 0.717) is 6.54 Å². The number of hydrogen-bond donors (Lipinski definition) is 3. The average Bonchev–Trinajstić information content (AvgIpc) is 2.49. The number of benzene rings is 1. The van der Waals surface area contributed by atoms with Gasteiger partial charge in [0.15, 0.2) is 0 Å². The minimum absolute atomic E-state index is 0.204. The molecule has 21 heavy (non-hydrogen) atoms. The maximum Gasteiger partial charge on any atom is 0.407 e. The highest BCUT2D eigenvalue weighted by molar-refractivity contribution is 5.85. The van der Waals surface area contributed by atoms with Gasteiger partial charge in [-0.05, 0) is 11.5 Å². The lowest BCUT2D eigenvalue weighted by atomic mass is 10.2. The van der Waals surface area contributed by atoms with Gasteiger partial charge in [-0.25, -0.2) is 4.79 Å². The third-order valence-electron chi connectivity index (χ3n) is 2.65. The second kappa shape index (κ2) is 8.97. The summed E-state index contributed by atoms with van der Waals surface area (Å²) in [7, 11) is 0. The van der Waals surface area contributed by atoms with Crippen molar-refractivity contribution < 1.29 is 19.4 Å². The van der Waals surface area contributed by atoms with Crippen molar-refractivity contribution >= 4 is 12.0 Å². The van der Waals surface area contributed by atoms with E-state index in [1.807, 2.05) is 44.2 Å². The first-order valence-electron chi connectivity index (χ1n) is 6.88. The van der Waals surface area contributed by atoms with Crippen LogP contribution in [0.4, 0.5) is 4.79 Å². The second-order valence-corrected chi connectivity index (χ2v) is 5.08. The van der Waals surface area contributed by atoms with Crippen molar-refractivity contribution in [3.63, 3.8) is 0 Å². The number of nitrogens with one attached hydrogen (secondary N) is 2. The monoisotopic (exact) mass is 294 g/mol. The molecule has 0 radical (unpaired) electrons. The molecule has 1 rings (SSSR count). The summed E-state index contributed by atoms with van der Waals surface area (Å²) in [6.07, 6.45) is -0.711. The van der Waals surface area contributed by atoms with Gasteiger partial charge in [0.05, 0.1) is 13.2 Å². The lowest BCUT2D eigenvalue weighted by molar-refractivity contribution is -0.124. The van der Waals surface area contributed by atoms with Crippen LogP contribution >= 0.6 is 0 Å². The van der Waals surface area contributed by atoms with Crippen LogP contribution in [0, 0.1) is 5.92 Å². The first kappa shape index (κ1) is 17.0. The first-order valence-corrected chi connectivity index (χ1v) is 6.88. The fourth-order valence-electron chi connectivity index (χ4n) is 1.53. The molecule has 0 aliphatic carbocycles. The van der Waals surface area contributed by atoms with E-state index < -0.39 is 24.6 Å². The molecule has 1 atom stereocenters. The van der Waals surface area contributed by atoms with Gasteiger partial charge in [0, 0.05) is 6.54 Å². The van der Waals surface area contributed by atoms with Crippen LogP contribution in [0.5, 0.6) is 0 Å². The number of aliphatic hydroxyl groups is 1. The molecular formula is C15H22N2O4. The molecule has 0 aliphatic rings. The minimum Gasteiger partial charge on any atom is -0.449 e. The van der Waals surface area contributed by atoms with E-state index in [2.05, 4.69) is 10.6 Å². The molecule has 6 heteroatoms. The van der Waals surface area contributed by atoms with E-state index in [1.54, 1.807) is 0 Å². The van der Waals surface area contributed by atoms with Gasteiger partial charge in [0.1, 0.15) is 6.04 Å². The van der Waals surface area contributed by atoms with Gasteiger partial charge in [-0.2, -0.15) is 0 Å². The van der Waals surface area contributed by atoms with E-state index >= 15 is 0 Å². The molecule has 3 N–H and O–H groups in total. The van der Waals surface area contributed by atoms with E-state index in [1.165, 1.54) is 0 Å². The summed E-state index contributed by atoms with van der Waals surface area (Å²) in [6, 6.07) is 8.35. The number of aliphatic hydroxyl groups excluding tert-OH is 1. The smallest absolute Gasteiger partial charge is 0.407 e. The van der Waals surface area contributed by atoms with Crippen LogP contribution in [0.3, 0.4) is 0 Å². The Morgan fingerprint density at radius 1 is 1.24 bits per heavy atom. The number of alkyl carbamates (subject to hydrolysis) is 1. The van der Waals surface area contributed by atoms with E-state index in [9.17, 15) is 14.7 Å². The molecule has 0 aliphatic heterocycles. The molecule has 0 aromatic heterocycles. The molecule has 0 spiro atoms. The predicted molar refractivity (Wildman–Crippen MR) is 78.5 cm³/mol. The highest BCUT2D eigenvalue weighted by Gasteiger charge is 2.20. The van der Waals surface area contributed by atoms with Crippen molar-refractivity contribution in [2.45, 2.75) is 26.4 Å². The van der Waals surface area contributed by atoms with Gasteiger partial charge in [-0.3, -0.25) is 4.79 Å². The van der Waals surface area contributed by atoms with Crippen LogP contribution in [-0.2, 0) is 16.1 Å². The summed E-state index contributed by atoms with van der Waals surface area (Å²) in [4.78, 5) is 23.4. The van der Waals surface area contributed by atoms with Crippen molar-refractivity contribution in [2.75, 3.05) is 13.2 Å². The number of rotatable bonds is 7. The first-order chi connectivity index (χ1) is 10.0. The Morgan fingerprint density at radius 3 is 2.48 bits per heavy atom. The average molecular weight is 294 g/mol. The summed E-state index contributed by atoms with van der Waals surface area (Å²) in [6.45, 7) is 3.92. The molecule has 2 amide bonds.